The number of nitrogens with one attached hydrogen (secondary N) is 1. The number of carbonyl (C=O) groups excluding carboxylic acids is 2. The average molecular weight is 627 g/mol. The third-order valence-electron chi connectivity index (χ3n) is 8.86. The summed E-state index contributed by atoms with van der Waals surface area (Å²) in [6, 6.07) is 24.8. The second kappa shape index (κ2) is 16.1. The highest BCUT2D eigenvalue weighted by atomic mass is 16.7. The van der Waals surface area contributed by atoms with Gasteiger partial charge in [0.05, 0.1) is 18.8 Å². The van der Waals surface area contributed by atoms with Gasteiger partial charge < -0.3 is 24.6 Å². The molecule has 1 amide bonds. The Bertz CT molecular complexity index is 1470. The van der Waals surface area contributed by atoms with Gasteiger partial charge in [-0.1, -0.05) is 79.6 Å². The Morgan fingerprint density at radius 1 is 1.00 bits per heavy atom. The van der Waals surface area contributed by atoms with Gasteiger partial charge in [-0.25, -0.2) is 0 Å². The van der Waals surface area contributed by atoms with Crippen molar-refractivity contribution in [3.05, 3.63) is 108 Å². The smallest absolute Gasteiger partial charge is 0.303 e. The largest absolute Gasteiger partial charge is 0.453 e. The Kier molecular flexibility index (Phi) is 11.8. The van der Waals surface area contributed by atoms with Gasteiger partial charge in [-0.2, -0.15) is 0 Å². The number of benzene rings is 3. The second-order valence-corrected chi connectivity index (χ2v) is 12.3. The molecular formula is C38H46N2O6. The minimum Gasteiger partial charge on any atom is -0.453 e. The number of amides is 1. The molecule has 0 bridgehead atoms. The summed E-state index contributed by atoms with van der Waals surface area (Å²) in [4.78, 5) is 26.1. The molecule has 2 aliphatic rings. The number of rotatable bonds is 13. The standard InChI is InChI=1S/C38H46N2O6/c1-4-19-40(34-13-5-6-14-34)24-35-22-36(30-17-15-28(25-41)16-18-30)46-38(45-35)33-12-8-11-32(21-33)31-10-7-9-29(20-31)23-39-37(43)26(2)44-27(3)42/h4,7-12,15-18,20-21,26,34-36,38,41H,1,5-6,13-14,19,22-25H2,2-3H3,(H,39,43)/t26-,35+,36-,38-/m0/s1. The first kappa shape index (κ1) is 33.5. The van der Waals surface area contributed by atoms with Crippen LogP contribution in [0.2, 0.25) is 0 Å². The quantitative estimate of drug-likeness (QED) is 0.168. The van der Waals surface area contributed by atoms with Crippen LogP contribution in [0.25, 0.3) is 11.1 Å². The van der Waals surface area contributed by atoms with Crippen LogP contribution in [0.5, 0.6) is 0 Å². The molecule has 1 aliphatic heterocycles. The fourth-order valence-electron chi connectivity index (χ4n) is 6.46. The molecule has 0 spiro atoms. The summed E-state index contributed by atoms with van der Waals surface area (Å²) in [5.41, 5.74) is 5.82. The summed E-state index contributed by atoms with van der Waals surface area (Å²) >= 11 is 0. The van der Waals surface area contributed by atoms with Gasteiger partial charge in [0.1, 0.15) is 0 Å². The lowest BCUT2D eigenvalue weighted by molar-refractivity contribution is -0.253. The summed E-state index contributed by atoms with van der Waals surface area (Å²) in [5, 5.41) is 12.4. The van der Waals surface area contributed by atoms with Crippen LogP contribution in [0.1, 0.15) is 80.6 Å². The van der Waals surface area contributed by atoms with Gasteiger partial charge in [0.2, 0.25) is 0 Å². The molecule has 1 aliphatic carbocycles. The van der Waals surface area contributed by atoms with E-state index in [1.807, 2.05) is 66.7 Å². The zero-order chi connectivity index (χ0) is 32.5. The Labute approximate surface area is 272 Å². The molecule has 8 nitrogen and oxygen atoms in total. The summed E-state index contributed by atoms with van der Waals surface area (Å²) in [7, 11) is 0. The van der Waals surface area contributed by atoms with E-state index in [2.05, 4.69) is 28.9 Å². The van der Waals surface area contributed by atoms with Crippen molar-refractivity contribution in [2.45, 2.75) is 89.7 Å². The van der Waals surface area contributed by atoms with Crippen molar-refractivity contribution in [2.75, 3.05) is 13.1 Å². The molecule has 1 heterocycles. The van der Waals surface area contributed by atoms with Crippen molar-refractivity contribution < 1.29 is 28.9 Å². The lowest BCUT2D eigenvalue weighted by atomic mass is 9.98. The van der Waals surface area contributed by atoms with Crippen molar-refractivity contribution in [1.82, 2.24) is 10.2 Å². The molecule has 0 unspecified atom stereocenters. The van der Waals surface area contributed by atoms with Gasteiger partial charge in [-0.05, 0) is 59.7 Å². The minimum atomic E-state index is -0.852. The van der Waals surface area contributed by atoms with Gasteiger partial charge in [0, 0.05) is 44.6 Å². The maximum absolute atomic E-state index is 12.4. The van der Waals surface area contributed by atoms with Crippen LogP contribution in [-0.4, -0.2) is 53.2 Å². The number of aliphatic hydroxyl groups is 1. The first-order chi connectivity index (χ1) is 22.3. The Morgan fingerprint density at radius 3 is 2.41 bits per heavy atom. The fraction of sp³-hybridized carbons (Fsp3) is 0.421. The molecule has 3 aromatic carbocycles. The van der Waals surface area contributed by atoms with Crippen molar-refractivity contribution >= 4 is 11.9 Å². The highest BCUT2D eigenvalue weighted by Crippen LogP contribution is 2.39. The topological polar surface area (TPSA) is 97.3 Å². The van der Waals surface area contributed by atoms with E-state index in [0.29, 0.717) is 12.6 Å². The maximum atomic E-state index is 12.4. The van der Waals surface area contributed by atoms with Crippen LogP contribution in [0.15, 0.2) is 85.5 Å². The van der Waals surface area contributed by atoms with E-state index in [1.165, 1.54) is 32.6 Å². The molecule has 46 heavy (non-hydrogen) atoms. The van der Waals surface area contributed by atoms with E-state index in [-0.39, 0.29) is 24.7 Å². The van der Waals surface area contributed by atoms with Gasteiger partial charge >= 0.3 is 5.97 Å². The SMILES string of the molecule is C=CCN(C[C@H]1C[C@@H](c2ccc(CO)cc2)O[C@@H](c2cccc(-c3cccc(CNC(=O)[C@H](C)OC(C)=O)c3)c2)O1)C1CCCC1. The summed E-state index contributed by atoms with van der Waals surface area (Å²) in [6.45, 7) is 8.83. The summed E-state index contributed by atoms with van der Waals surface area (Å²) in [5.74, 6) is -0.834. The van der Waals surface area contributed by atoms with Crippen LogP contribution in [0.4, 0.5) is 0 Å². The Morgan fingerprint density at radius 2 is 1.72 bits per heavy atom. The van der Waals surface area contributed by atoms with Gasteiger partial charge in [0.15, 0.2) is 12.4 Å². The molecule has 5 rings (SSSR count). The van der Waals surface area contributed by atoms with E-state index in [0.717, 1.165) is 52.9 Å². The third kappa shape index (κ3) is 8.91. The summed E-state index contributed by atoms with van der Waals surface area (Å²) in [6.07, 6.45) is 6.08. The molecule has 0 aromatic heterocycles. The molecule has 4 atom stereocenters. The van der Waals surface area contributed by atoms with Crippen molar-refractivity contribution in [3.63, 3.8) is 0 Å². The number of aliphatic hydroxyl groups excluding tert-OH is 1. The van der Waals surface area contributed by atoms with Crippen LogP contribution in [-0.2, 0) is 37.0 Å². The average Bonchev–Trinajstić information content (AvgIpc) is 3.62. The van der Waals surface area contributed by atoms with Crippen LogP contribution in [0.3, 0.4) is 0 Å². The highest BCUT2D eigenvalue weighted by Gasteiger charge is 2.34. The number of ether oxygens (including phenoxy) is 3. The van der Waals surface area contributed by atoms with Gasteiger partial charge in [-0.3, -0.25) is 14.5 Å². The Balaban J connectivity index is 1.35. The minimum absolute atomic E-state index is 0.00579. The van der Waals surface area contributed by atoms with Crippen molar-refractivity contribution in [2.24, 2.45) is 0 Å². The number of hydrogen-bond donors (Lipinski definition) is 2. The molecule has 1 saturated heterocycles. The fourth-order valence-corrected chi connectivity index (χ4v) is 6.46. The van der Waals surface area contributed by atoms with Crippen molar-refractivity contribution in [1.29, 1.82) is 0 Å². The zero-order valence-electron chi connectivity index (χ0n) is 26.9. The van der Waals surface area contributed by atoms with E-state index in [4.69, 9.17) is 14.2 Å². The predicted molar refractivity (Wildman–Crippen MR) is 177 cm³/mol. The predicted octanol–water partition coefficient (Wildman–Crippen LogP) is 6.39. The van der Waals surface area contributed by atoms with Crippen LogP contribution >= 0.6 is 0 Å². The first-order valence-corrected chi connectivity index (χ1v) is 16.3. The molecule has 1 saturated carbocycles. The van der Waals surface area contributed by atoms with Gasteiger partial charge in [0.25, 0.3) is 5.91 Å². The van der Waals surface area contributed by atoms with Crippen LogP contribution < -0.4 is 5.32 Å². The highest BCUT2D eigenvalue weighted by molar-refractivity contribution is 5.82. The molecule has 2 N–H and O–H groups in total. The summed E-state index contributed by atoms with van der Waals surface area (Å²) < 4.78 is 18.4. The lowest BCUT2D eigenvalue weighted by Crippen LogP contribution is -2.43. The number of nitrogens with zero attached hydrogens (tertiary/aromatic N) is 1. The zero-order valence-corrected chi connectivity index (χ0v) is 26.9. The molecule has 0 radical (unpaired) electrons. The number of esters is 1. The van der Waals surface area contributed by atoms with E-state index >= 15 is 0 Å². The molecule has 8 heteroatoms. The third-order valence-corrected chi connectivity index (χ3v) is 8.86. The van der Waals surface area contributed by atoms with Crippen molar-refractivity contribution in [3.8, 4) is 11.1 Å². The van der Waals surface area contributed by atoms with Crippen LogP contribution in [0, 0.1) is 0 Å². The normalized spacial score (nSPS) is 20.7. The molecular weight excluding hydrogens is 580 g/mol. The Hall–Kier alpha value is -3.82. The molecule has 244 valence electrons. The molecule has 3 aromatic rings. The number of hydrogen-bond acceptors (Lipinski definition) is 7. The molecule has 2 fully saturated rings. The number of carbonyl (C=O) groups is 2. The van der Waals surface area contributed by atoms with E-state index in [1.54, 1.807) is 6.92 Å². The first-order valence-electron chi connectivity index (χ1n) is 16.3. The second-order valence-electron chi connectivity index (χ2n) is 12.3. The van der Waals surface area contributed by atoms with E-state index < -0.39 is 18.4 Å². The van der Waals surface area contributed by atoms with E-state index in [9.17, 15) is 14.7 Å². The monoisotopic (exact) mass is 626 g/mol. The van der Waals surface area contributed by atoms with Gasteiger partial charge in [-0.15, -0.1) is 6.58 Å². The maximum Gasteiger partial charge on any atom is 0.303 e. The lowest BCUT2D eigenvalue weighted by Gasteiger charge is -2.39.